The number of nitrogens with one attached hydrogen (secondary N) is 1. The van der Waals surface area contributed by atoms with Gasteiger partial charge in [0.25, 0.3) is 0 Å². The molecule has 0 bridgehead atoms. The molecule has 0 saturated carbocycles. The van der Waals surface area contributed by atoms with Crippen LogP contribution >= 0.6 is 0 Å². The highest BCUT2D eigenvalue weighted by molar-refractivity contribution is 5.47. The minimum absolute atomic E-state index is 0.383. The first kappa shape index (κ1) is 13.6. The van der Waals surface area contributed by atoms with Crippen molar-refractivity contribution in [3.63, 3.8) is 0 Å². The summed E-state index contributed by atoms with van der Waals surface area (Å²) in [6.45, 7) is 2.97. The Bertz CT molecular complexity index is 515. The molecule has 19 heavy (non-hydrogen) atoms. The van der Waals surface area contributed by atoms with E-state index in [9.17, 15) is 0 Å². The predicted molar refractivity (Wildman–Crippen MR) is 79.2 cm³/mol. The number of benzene rings is 1. The topological polar surface area (TPSA) is 33.1 Å². The van der Waals surface area contributed by atoms with Crippen molar-refractivity contribution >= 4 is 5.69 Å². The van der Waals surface area contributed by atoms with Crippen LogP contribution in [0.3, 0.4) is 0 Å². The Balaban J connectivity index is 2.07. The fraction of sp³-hybridized carbons (Fsp3) is 0.400. The number of imidazole rings is 1. The van der Waals surface area contributed by atoms with Crippen LogP contribution in [0.15, 0.2) is 36.7 Å². The molecule has 0 aliphatic heterocycles. The lowest BCUT2D eigenvalue weighted by atomic mass is 10.1. The van der Waals surface area contributed by atoms with Crippen LogP contribution in [0, 0.1) is 0 Å². The molecule has 4 heteroatoms. The number of aryl methyl sites for hydroxylation is 1. The summed E-state index contributed by atoms with van der Waals surface area (Å²) in [5.41, 5.74) is 2.51. The first-order valence-electron chi connectivity index (χ1n) is 6.56. The van der Waals surface area contributed by atoms with Crippen molar-refractivity contribution in [3.8, 4) is 0 Å². The van der Waals surface area contributed by atoms with Gasteiger partial charge in [0.1, 0.15) is 5.82 Å². The molecule has 0 fully saturated rings. The van der Waals surface area contributed by atoms with E-state index in [1.165, 1.54) is 11.3 Å². The number of aromatic nitrogens is 2. The summed E-state index contributed by atoms with van der Waals surface area (Å²) >= 11 is 0. The highest BCUT2D eigenvalue weighted by Crippen LogP contribution is 2.19. The number of rotatable bonds is 5. The second-order valence-electron chi connectivity index (χ2n) is 4.91. The summed E-state index contributed by atoms with van der Waals surface area (Å²) in [6, 6.07) is 9.05. The van der Waals surface area contributed by atoms with Crippen molar-refractivity contribution in [2.24, 2.45) is 7.05 Å². The maximum atomic E-state index is 4.35. The van der Waals surface area contributed by atoms with E-state index in [2.05, 4.69) is 53.4 Å². The lowest BCUT2D eigenvalue weighted by Gasteiger charge is -2.20. The lowest BCUT2D eigenvalue weighted by Crippen LogP contribution is -2.19. The third-order valence-corrected chi connectivity index (χ3v) is 3.57. The molecule has 4 nitrogen and oxygen atoms in total. The van der Waals surface area contributed by atoms with Crippen molar-refractivity contribution < 1.29 is 0 Å². The molecule has 0 spiro atoms. The summed E-state index contributed by atoms with van der Waals surface area (Å²) < 4.78 is 2.05. The summed E-state index contributed by atoms with van der Waals surface area (Å²) in [4.78, 5) is 6.56. The van der Waals surface area contributed by atoms with E-state index >= 15 is 0 Å². The van der Waals surface area contributed by atoms with E-state index in [1.807, 2.05) is 31.1 Å². The van der Waals surface area contributed by atoms with E-state index in [4.69, 9.17) is 0 Å². The van der Waals surface area contributed by atoms with Gasteiger partial charge in [-0.25, -0.2) is 4.98 Å². The van der Waals surface area contributed by atoms with Crippen LogP contribution in [0.4, 0.5) is 5.69 Å². The van der Waals surface area contributed by atoms with Crippen LogP contribution in [0.5, 0.6) is 0 Å². The second kappa shape index (κ2) is 5.89. The second-order valence-corrected chi connectivity index (χ2v) is 4.91. The third-order valence-electron chi connectivity index (χ3n) is 3.57. The molecule has 1 heterocycles. The third kappa shape index (κ3) is 3.15. The van der Waals surface area contributed by atoms with Gasteiger partial charge in [-0.05, 0) is 31.7 Å². The molecule has 102 valence electrons. The van der Waals surface area contributed by atoms with Crippen LogP contribution in [-0.2, 0) is 13.6 Å². The first-order chi connectivity index (χ1) is 9.11. The molecule has 0 aliphatic rings. The van der Waals surface area contributed by atoms with E-state index in [1.54, 1.807) is 0 Å². The van der Waals surface area contributed by atoms with Gasteiger partial charge in [0.2, 0.25) is 0 Å². The van der Waals surface area contributed by atoms with Crippen molar-refractivity contribution in [2.75, 3.05) is 19.0 Å². The summed E-state index contributed by atoms with van der Waals surface area (Å²) in [5, 5.41) is 3.25. The Labute approximate surface area is 115 Å². The molecule has 0 amide bonds. The Morgan fingerprint density at radius 2 is 2.00 bits per heavy atom. The zero-order valence-electron chi connectivity index (χ0n) is 12.1. The van der Waals surface area contributed by atoms with Crippen LogP contribution in [0.2, 0.25) is 0 Å². The van der Waals surface area contributed by atoms with E-state index in [-0.39, 0.29) is 0 Å². The summed E-state index contributed by atoms with van der Waals surface area (Å²) in [6.07, 6.45) is 3.81. The van der Waals surface area contributed by atoms with Gasteiger partial charge in [0.05, 0.1) is 6.54 Å². The monoisotopic (exact) mass is 258 g/mol. The molecule has 0 aliphatic carbocycles. The molecule has 2 rings (SSSR count). The molecule has 1 unspecified atom stereocenters. The van der Waals surface area contributed by atoms with Crippen LogP contribution < -0.4 is 10.2 Å². The van der Waals surface area contributed by atoms with Crippen LogP contribution in [-0.4, -0.2) is 23.6 Å². The standard InChI is InChI=1S/C15H22N4/c1-12(16-2)13-5-7-14(8-6-13)19(4)11-15-17-9-10-18(15)3/h5-10,12,16H,11H2,1-4H3. The Morgan fingerprint density at radius 3 is 2.53 bits per heavy atom. The highest BCUT2D eigenvalue weighted by atomic mass is 15.2. The highest BCUT2D eigenvalue weighted by Gasteiger charge is 2.07. The van der Waals surface area contributed by atoms with E-state index in [0.717, 1.165) is 12.4 Å². The first-order valence-corrected chi connectivity index (χ1v) is 6.56. The smallest absolute Gasteiger partial charge is 0.127 e. The molecule has 1 aromatic carbocycles. The minimum Gasteiger partial charge on any atom is -0.367 e. The van der Waals surface area contributed by atoms with Gasteiger partial charge < -0.3 is 14.8 Å². The summed E-state index contributed by atoms with van der Waals surface area (Å²) in [5.74, 6) is 1.06. The number of nitrogens with zero attached hydrogens (tertiary/aromatic N) is 3. The van der Waals surface area contributed by atoms with Crippen LogP contribution in [0.25, 0.3) is 0 Å². The maximum absolute atomic E-state index is 4.35. The number of hydrogen-bond donors (Lipinski definition) is 1. The molecule has 1 atom stereocenters. The quantitative estimate of drug-likeness (QED) is 0.893. The maximum Gasteiger partial charge on any atom is 0.127 e. The van der Waals surface area contributed by atoms with Crippen molar-refractivity contribution in [1.82, 2.24) is 14.9 Å². The molecule has 0 saturated heterocycles. The minimum atomic E-state index is 0.383. The molecule has 2 aromatic rings. The van der Waals surface area contributed by atoms with E-state index in [0.29, 0.717) is 6.04 Å². The van der Waals surface area contributed by atoms with Crippen molar-refractivity contribution in [2.45, 2.75) is 19.5 Å². The van der Waals surface area contributed by atoms with E-state index < -0.39 is 0 Å². The van der Waals surface area contributed by atoms with Crippen molar-refractivity contribution in [3.05, 3.63) is 48.0 Å². The van der Waals surface area contributed by atoms with Crippen molar-refractivity contribution in [1.29, 1.82) is 0 Å². The Morgan fingerprint density at radius 1 is 1.32 bits per heavy atom. The average Bonchev–Trinajstić information content (AvgIpc) is 2.83. The molecular formula is C15H22N4. The fourth-order valence-electron chi connectivity index (χ4n) is 2.04. The predicted octanol–water partition coefficient (Wildman–Crippen LogP) is 2.34. The Kier molecular flexibility index (Phi) is 4.22. The zero-order chi connectivity index (χ0) is 13.8. The Hall–Kier alpha value is -1.81. The van der Waals surface area contributed by atoms with Gasteiger partial charge in [-0.3, -0.25) is 0 Å². The van der Waals surface area contributed by atoms with Gasteiger partial charge in [0, 0.05) is 38.2 Å². The molecule has 0 radical (unpaired) electrons. The largest absolute Gasteiger partial charge is 0.367 e. The molecule has 1 N–H and O–H groups in total. The normalized spacial score (nSPS) is 12.4. The SMILES string of the molecule is CNC(C)c1ccc(N(C)Cc2nccn2C)cc1. The zero-order valence-corrected chi connectivity index (χ0v) is 12.1. The fourth-order valence-corrected chi connectivity index (χ4v) is 2.04. The number of hydrogen-bond acceptors (Lipinski definition) is 3. The van der Waals surface area contributed by atoms with Gasteiger partial charge in [-0.1, -0.05) is 12.1 Å². The number of anilines is 1. The van der Waals surface area contributed by atoms with Gasteiger partial charge in [0.15, 0.2) is 0 Å². The lowest BCUT2D eigenvalue weighted by molar-refractivity contribution is 0.652. The molecule has 1 aromatic heterocycles. The van der Waals surface area contributed by atoms with Gasteiger partial charge in [-0.2, -0.15) is 0 Å². The van der Waals surface area contributed by atoms with Crippen LogP contribution in [0.1, 0.15) is 24.4 Å². The molecular weight excluding hydrogens is 236 g/mol. The summed E-state index contributed by atoms with van der Waals surface area (Å²) in [7, 11) is 6.09. The van der Waals surface area contributed by atoms with Gasteiger partial charge in [-0.15, -0.1) is 0 Å². The average molecular weight is 258 g/mol. The van der Waals surface area contributed by atoms with Gasteiger partial charge >= 0.3 is 0 Å².